The predicted molar refractivity (Wildman–Crippen MR) is 83.2 cm³/mol. The third-order valence-corrected chi connectivity index (χ3v) is 3.13. The molecular weight excluding hydrogens is 280 g/mol. The summed E-state index contributed by atoms with van der Waals surface area (Å²) >= 11 is 0. The fourth-order valence-corrected chi connectivity index (χ4v) is 1.98. The molecule has 1 amide bonds. The van der Waals surface area contributed by atoms with E-state index in [1.807, 2.05) is 37.3 Å². The van der Waals surface area contributed by atoms with Gasteiger partial charge in [0.1, 0.15) is 18.0 Å². The molecule has 0 saturated heterocycles. The molecule has 0 saturated carbocycles. The topological polar surface area (TPSA) is 79.9 Å². The number of amides is 1. The highest BCUT2D eigenvalue weighted by Crippen LogP contribution is 2.19. The summed E-state index contributed by atoms with van der Waals surface area (Å²) in [4.78, 5) is 16.6. The second kappa shape index (κ2) is 7.51. The first-order valence-corrected chi connectivity index (χ1v) is 7.08. The Kier molecular flexibility index (Phi) is 5.43. The van der Waals surface area contributed by atoms with Crippen LogP contribution in [-0.2, 0) is 9.53 Å². The molecule has 0 unspecified atom stereocenters. The number of hydrogen-bond donors (Lipinski definition) is 2. The minimum atomic E-state index is -0.579. The molecule has 1 aromatic heterocycles. The van der Waals surface area contributed by atoms with E-state index >= 15 is 0 Å². The van der Waals surface area contributed by atoms with Gasteiger partial charge in [-0.15, -0.1) is 6.58 Å². The van der Waals surface area contributed by atoms with Crippen molar-refractivity contribution in [2.24, 2.45) is 0 Å². The summed E-state index contributed by atoms with van der Waals surface area (Å²) in [6.45, 7) is 7.41. The van der Waals surface area contributed by atoms with Crippen molar-refractivity contribution in [1.29, 1.82) is 0 Å². The molecule has 2 aromatic rings. The number of aromatic amines is 1. The Hall–Kier alpha value is -2.47. The summed E-state index contributed by atoms with van der Waals surface area (Å²) in [5.41, 5.74) is 0.908. The second-order valence-corrected chi connectivity index (χ2v) is 4.90. The van der Waals surface area contributed by atoms with E-state index < -0.39 is 12.1 Å². The smallest absolute Gasteiger partial charge is 0.249 e. The van der Waals surface area contributed by atoms with Gasteiger partial charge < -0.3 is 10.1 Å². The molecule has 2 rings (SSSR count). The van der Waals surface area contributed by atoms with Crippen LogP contribution in [-0.4, -0.2) is 33.8 Å². The number of benzene rings is 1. The van der Waals surface area contributed by atoms with Gasteiger partial charge in [-0.1, -0.05) is 36.4 Å². The van der Waals surface area contributed by atoms with Crippen LogP contribution in [0, 0.1) is 6.92 Å². The van der Waals surface area contributed by atoms with Gasteiger partial charge in [-0.2, -0.15) is 5.10 Å². The molecule has 0 fully saturated rings. The van der Waals surface area contributed by atoms with Gasteiger partial charge in [0.2, 0.25) is 5.91 Å². The van der Waals surface area contributed by atoms with Crippen molar-refractivity contribution in [3.8, 4) is 0 Å². The maximum absolute atomic E-state index is 12.3. The number of hydrogen-bond acceptors (Lipinski definition) is 4. The fraction of sp³-hybridized carbons (Fsp3) is 0.312. The molecule has 1 aromatic carbocycles. The van der Waals surface area contributed by atoms with Crippen LogP contribution in [0.1, 0.15) is 30.2 Å². The van der Waals surface area contributed by atoms with Crippen LogP contribution in [0.3, 0.4) is 0 Å². The zero-order chi connectivity index (χ0) is 15.9. The molecule has 22 heavy (non-hydrogen) atoms. The van der Waals surface area contributed by atoms with Gasteiger partial charge in [0.05, 0.1) is 6.61 Å². The fourth-order valence-electron chi connectivity index (χ4n) is 1.98. The number of aromatic nitrogens is 3. The first-order chi connectivity index (χ1) is 10.6. The zero-order valence-electron chi connectivity index (χ0n) is 12.7. The molecule has 6 heteroatoms. The molecule has 2 N–H and O–H groups in total. The average Bonchev–Trinajstić information content (AvgIpc) is 2.97. The summed E-state index contributed by atoms with van der Waals surface area (Å²) in [5, 5.41) is 9.89. The third-order valence-electron chi connectivity index (χ3n) is 3.13. The summed E-state index contributed by atoms with van der Waals surface area (Å²) in [6.07, 6.45) is 1.03. The van der Waals surface area contributed by atoms with Crippen molar-refractivity contribution in [2.75, 3.05) is 6.61 Å². The number of nitrogens with zero attached hydrogens (tertiary/aromatic N) is 2. The minimum absolute atomic E-state index is 0.224. The van der Waals surface area contributed by atoms with Crippen molar-refractivity contribution in [2.45, 2.75) is 26.0 Å². The Morgan fingerprint density at radius 2 is 2.18 bits per heavy atom. The van der Waals surface area contributed by atoms with Gasteiger partial charge in [0.15, 0.2) is 5.82 Å². The lowest BCUT2D eigenvalue weighted by molar-refractivity contribution is -0.131. The number of carbonyl (C=O) groups is 1. The number of carbonyl (C=O) groups excluding carboxylic acids is 1. The van der Waals surface area contributed by atoms with E-state index in [9.17, 15) is 4.79 Å². The van der Waals surface area contributed by atoms with Gasteiger partial charge in [0.25, 0.3) is 0 Å². The van der Waals surface area contributed by atoms with E-state index in [2.05, 4.69) is 27.1 Å². The largest absolute Gasteiger partial charge is 0.365 e. The van der Waals surface area contributed by atoms with Crippen LogP contribution in [0.25, 0.3) is 0 Å². The Bertz CT molecular complexity index is 624. The Balaban J connectivity index is 2.19. The van der Waals surface area contributed by atoms with E-state index in [0.29, 0.717) is 18.3 Å². The Morgan fingerprint density at radius 3 is 2.77 bits per heavy atom. The van der Waals surface area contributed by atoms with E-state index in [0.717, 1.165) is 5.56 Å². The van der Waals surface area contributed by atoms with Crippen LogP contribution in [0.4, 0.5) is 0 Å². The van der Waals surface area contributed by atoms with Crippen LogP contribution >= 0.6 is 0 Å². The molecule has 2 atom stereocenters. The van der Waals surface area contributed by atoms with Gasteiger partial charge in [-0.05, 0) is 19.4 Å². The van der Waals surface area contributed by atoms with E-state index in [4.69, 9.17) is 4.74 Å². The summed E-state index contributed by atoms with van der Waals surface area (Å²) < 4.78 is 5.35. The number of nitrogens with one attached hydrogen (secondary N) is 2. The molecule has 0 aliphatic rings. The summed E-state index contributed by atoms with van der Waals surface area (Å²) in [7, 11) is 0. The van der Waals surface area contributed by atoms with Crippen LogP contribution < -0.4 is 5.32 Å². The quantitative estimate of drug-likeness (QED) is 0.766. The van der Waals surface area contributed by atoms with E-state index in [1.54, 1.807) is 13.0 Å². The summed E-state index contributed by atoms with van der Waals surface area (Å²) in [6, 6.07) is 9.16. The molecule has 116 valence electrons. The molecule has 0 bridgehead atoms. The predicted octanol–water partition coefficient (Wildman–Crippen LogP) is 1.91. The van der Waals surface area contributed by atoms with Gasteiger partial charge in [-0.3, -0.25) is 9.89 Å². The van der Waals surface area contributed by atoms with E-state index in [-0.39, 0.29) is 5.91 Å². The highest BCUT2D eigenvalue weighted by Gasteiger charge is 2.23. The summed E-state index contributed by atoms with van der Waals surface area (Å²) in [5.74, 6) is 0.993. The lowest BCUT2D eigenvalue weighted by atomic mass is 10.1. The lowest BCUT2D eigenvalue weighted by Gasteiger charge is -2.19. The molecule has 0 aliphatic carbocycles. The molecule has 0 spiro atoms. The third kappa shape index (κ3) is 4.02. The van der Waals surface area contributed by atoms with Crippen molar-refractivity contribution < 1.29 is 9.53 Å². The molecule has 6 nitrogen and oxygen atoms in total. The monoisotopic (exact) mass is 300 g/mol. The zero-order valence-corrected chi connectivity index (χ0v) is 12.7. The standard InChI is InChI=1S/C16H20N4O2/c1-4-10-22-11(2)16(21)18-14(13-8-6-5-7-9-13)15-17-12(3)19-20-15/h4-9,11,14H,1,10H2,2-3H3,(H,18,21)(H,17,19,20)/t11-,14+/m1/s1. The number of rotatable bonds is 7. The maximum atomic E-state index is 12.3. The van der Waals surface area contributed by atoms with Crippen molar-refractivity contribution in [3.63, 3.8) is 0 Å². The number of aryl methyl sites for hydroxylation is 1. The van der Waals surface area contributed by atoms with Gasteiger partial charge in [-0.25, -0.2) is 4.98 Å². The van der Waals surface area contributed by atoms with Gasteiger partial charge in [0, 0.05) is 0 Å². The van der Waals surface area contributed by atoms with Crippen LogP contribution in [0.15, 0.2) is 43.0 Å². The van der Waals surface area contributed by atoms with Crippen LogP contribution in [0.2, 0.25) is 0 Å². The SMILES string of the molecule is C=CCO[C@H](C)C(=O)N[C@@H](c1ccccc1)c1n[nH]c(C)n1. The van der Waals surface area contributed by atoms with Crippen molar-refractivity contribution >= 4 is 5.91 Å². The molecule has 0 radical (unpaired) electrons. The highest BCUT2D eigenvalue weighted by atomic mass is 16.5. The minimum Gasteiger partial charge on any atom is -0.365 e. The molecule has 0 aliphatic heterocycles. The molecule has 1 heterocycles. The molecular formula is C16H20N4O2. The normalized spacial score (nSPS) is 13.4. The number of H-pyrrole nitrogens is 1. The van der Waals surface area contributed by atoms with Gasteiger partial charge >= 0.3 is 0 Å². The maximum Gasteiger partial charge on any atom is 0.249 e. The van der Waals surface area contributed by atoms with Crippen LogP contribution in [0.5, 0.6) is 0 Å². The van der Waals surface area contributed by atoms with Crippen molar-refractivity contribution in [1.82, 2.24) is 20.5 Å². The Morgan fingerprint density at radius 1 is 1.45 bits per heavy atom. The average molecular weight is 300 g/mol. The highest BCUT2D eigenvalue weighted by molar-refractivity contribution is 5.81. The Labute approximate surface area is 129 Å². The van der Waals surface area contributed by atoms with E-state index in [1.165, 1.54) is 0 Å². The first kappa shape index (κ1) is 15.9. The van der Waals surface area contributed by atoms with Crippen molar-refractivity contribution in [3.05, 3.63) is 60.2 Å². The lowest BCUT2D eigenvalue weighted by Crippen LogP contribution is -2.38. The first-order valence-electron chi connectivity index (χ1n) is 7.08. The number of ether oxygens (including phenoxy) is 1. The second-order valence-electron chi connectivity index (χ2n) is 4.90.